The van der Waals surface area contributed by atoms with Crippen LogP contribution >= 0.6 is 0 Å². The molecule has 1 aromatic heterocycles. The molecule has 0 bridgehead atoms. The Bertz CT molecular complexity index is 604. The first-order valence-corrected chi connectivity index (χ1v) is 8.62. The molecule has 6 nitrogen and oxygen atoms in total. The first kappa shape index (κ1) is 14.7. The zero-order valence-corrected chi connectivity index (χ0v) is 13.7. The van der Waals surface area contributed by atoms with E-state index in [1.54, 1.807) is 13.4 Å². The maximum atomic E-state index is 12.4. The Balaban J connectivity index is 1.56. The first-order chi connectivity index (χ1) is 11.2. The molecule has 1 amide bonds. The summed E-state index contributed by atoms with van der Waals surface area (Å²) in [7, 11) is 1.62. The molecule has 0 aromatic carbocycles. The zero-order chi connectivity index (χ0) is 15.9. The van der Waals surface area contributed by atoms with Crippen molar-refractivity contribution in [2.45, 2.75) is 44.1 Å². The van der Waals surface area contributed by atoms with Gasteiger partial charge in [0.25, 0.3) is 0 Å². The molecular formula is C17H24N4O2. The van der Waals surface area contributed by atoms with Crippen LogP contribution in [0.15, 0.2) is 12.4 Å². The molecule has 2 aliphatic heterocycles. The van der Waals surface area contributed by atoms with Crippen LogP contribution in [0, 0.1) is 5.92 Å². The number of piperidine rings is 1. The summed E-state index contributed by atoms with van der Waals surface area (Å²) in [6.45, 7) is 2.82. The van der Waals surface area contributed by atoms with Crippen molar-refractivity contribution in [1.29, 1.82) is 0 Å². The van der Waals surface area contributed by atoms with E-state index in [9.17, 15) is 4.79 Å². The molecule has 1 saturated carbocycles. The molecule has 1 aromatic rings. The van der Waals surface area contributed by atoms with Crippen molar-refractivity contribution in [2.75, 3.05) is 31.6 Å². The van der Waals surface area contributed by atoms with Crippen molar-refractivity contribution in [3.8, 4) is 5.88 Å². The Hall–Kier alpha value is -1.85. The standard InChI is InChI=1S/C17H24N4O2/c1-23-15-9-14(18-12-19-15)20-8-2-6-17(11-20)7-5-16(22)21(17)10-13-3-4-13/h9,12-13H,2-8,10-11H2,1H3. The first-order valence-electron chi connectivity index (χ1n) is 8.62. The fraction of sp³-hybridized carbons (Fsp3) is 0.706. The molecule has 3 fully saturated rings. The van der Waals surface area contributed by atoms with Gasteiger partial charge in [0.2, 0.25) is 11.8 Å². The number of ether oxygens (including phenoxy) is 1. The fourth-order valence-corrected chi connectivity index (χ4v) is 4.07. The molecule has 1 spiro atoms. The molecule has 0 radical (unpaired) electrons. The van der Waals surface area contributed by atoms with E-state index in [0.29, 0.717) is 18.2 Å². The highest BCUT2D eigenvalue weighted by Crippen LogP contribution is 2.42. The van der Waals surface area contributed by atoms with Crippen molar-refractivity contribution in [2.24, 2.45) is 5.92 Å². The lowest BCUT2D eigenvalue weighted by Gasteiger charge is -2.46. The number of carbonyl (C=O) groups excluding carboxylic acids is 1. The highest BCUT2D eigenvalue weighted by Gasteiger charge is 2.49. The predicted octanol–water partition coefficient (Wildman–Crippen LogP) is 1.86. The molecule has 3 aliphatic rings. The Morgan fingerprint density at radius 1 is 1.35 bits per heavy atom. The van der Waals surface area contributed by atoms with E-state index in [2.05, 4.69) is 19.8 Å². The number of likely N-dealkylation sites (tertiary alicyclic amines) is 1. The number of aromatic nitrogens is 2. The fourth-order valence-electron chi connectivity index (χ4n) is 4.07. The van der Waals surface area contributed by atoms with E-state index in [4.69, 9.17) is 4.74 Å². The van der Waals surface area contributed by atoms with Gasteiger partial charge in [-0.15, -0.1) is 0 Å². The molecule has 2 saturated heterocycles. The molecule has 0 N–H and O–H groups in total. The molecule has 3 heterocycles. The maximum absolute atomic E-state index is 12.4. The van der Waals surface area contributed by atoms with Gasteiger partial charge in [-0.05, 0) is 38.0 Å². The molecule has 6 heteroatoms. The van der Waals surface area contributed by atoms with E-state index < -0.39 is 0 Å². The lowest BCUT2D eigenvalue weighted by Crippen LogP contribution is -2.57. The van der Waals surface area contributed by atoms with Gasteiger partial charge in [0, 0.05) is 32.1 Å². The predicted molar refractivity (Wildman–Crippen MR) is 86.4 cm³/mol. The van der Waals surface area contributed by atoms with Crippen molar-refractivity contribution < 1.29 is 9.53 Å². The molecular weight excluding hydrogens is 292 g/mol. The highest BCUT2D eigenvalue weighted by atomic mass is 16.5. The average Bonchev–Trinajstić information content (AvgIpc) is 3.37. The van der Waals surface area contributed by atoms with Crippen LogP contribution in [0.5, 0.6) is 5.88 Å². The average molecular weight is 316 g/mol. The monoisotopic (exact) mass is 316 g/mol. The lowest BCUT2D eigenvalue weighted by atomic mass is 9.86. The van der Waals surface area contributed by atoms with E-state index in [-0.39, 0.29) is 5.54 Å². The summed E-state index contributed by atoms with van der Waals surface area (Å²) >= 11 is 0. The lowest BCUT2D eigenvalue weighted by molar-refractivity contribution is -0.131. The van der Waals surface area contributed by atoms with Gasteiger partial charge >= 0.3 is 0 Å². The maximum Gasteiger partial charge on any atom is 0.223 e. The summed E-state index contributed by atoms with van der Waals surface area (Å²) in [6, 6.07) is 1.89. The second-order valence-corrected chi connectivity index (χ2v) is 7.12. The highest BCUT2D eigenvalue weighted by molar-refractivity contribution is 5.80. The minimum atomic E-state index is 0.0100. The number of hydrogen-bond acceptors (Lipinski definition) is 5. The molecule has 4 rings (SSSR count). The summed E-state index contributed by atoms with van der Waals surface area (Å²) < 4.78 is 5.22. The van der Waals surface area contributed by atoms with E-state index in [1.165, 1.54) is 12.8 Å². The van der Waals surface area contributed by atoms with Crippen LogP contribution < -0.4 is 9.64 Å². The molecule has 1 unspecified atom stereocenters. The van der Waals surface area contributed by atoms with Gasteiger partial charge in [0.1, 0.15) is 12.1 Å². The molecule has 1 atom stereocenters. The second-order valence-electron chi connectivity index (χ2n) is 7.12. The van der Waals surface area contributed by atoms with Crippen LogP contribution in [-0.2, 0) is 4.79 Å². The third-order valence-electron chi connectivity index (χ3n) is 5.53. The zero-order valence-electron chi connectivity index (χ0n) is 13.7. The van der Waals surface area contributed by atoms with Gasteiger partial charge < -0.3 is 14.5 Å². The van der Waals surface area contributed by atoms with Crippen LogP contribution in [-0.4, -0.2) is 53.1 Å². The van der Waals surface area contributed by atoms with Crippen molar-refractivity contribution in [1.82, 2.24) is 14.9 Å². The topological polar surface area (TPSA) is 58.6 Å². The van der Waals surface area contributed by atoms with Gasteiger partial charge in [-0.25, -0.2) is 9.97 Å². The summed E-state index contributed by atoms with van der Waals surface area (Å²) in [5.74, 6) is 2.58. The number of anilines is 1. The van der Waals surface area contributed by atoms with Crippen molar-refractivity contribution in [3.63, 3.8) is 0 Å². The quantitative estimate of drug-likeness (QED) is 0.848. The Kier molecular flexibility index (Phi) is 3.62. The third-order valence-corrected chi connectivity index (χ3v) is 5.53. The minimum absolute atomic E-state index is 0.0100. The smallest absolute Gasteiger partial charge is 0.223 e. The number of methoxy groups -OCH3 is 1. The SMILES string of the molecule is COc1cc(N2CCCC3(CCC(=O)N3CC3CC3)C2)ncn1. The van der Waals surface area contributed by atoms with Crippen molar-refractivity contribution in [3.05, 3.63) is 12.4 Å². The van der Waals surface area contributed by atoms with E-state index in [0.717, 1.165) is 50.6 Å². The van der Waals surface area contributed by atoms with Crippen LogP contribution in [0.2, 0.25) is 0 Å². The summed E-state index contributed by atoms with van der Waals surface area (Å²) in [5, 5.41) is 0. The van der Waals surface area contributed by atoms with Crippen LogP contribution in [0.4, 0.5) is 5.82 Å². The largest absolute Gasteiger partial charge is 0.481 e. The Morgan fingerprint density at radius 2 is 2.22 bits per heavy atom. The number of hydrogen-bond donors (Lipinski definition) is 0. The van der Waals surface area contributed by atoms with Crippen molar-refractivity contribution >= 4 is 11.7 Å². The molecule has 1 aliphatic carbocycles. The Morgan fingerprint density at radius 3 is 3.00 bits per heavy atom. The van der Waals surface area contributed by atoms with E-state index >= 15 is 0 Å². The number of nitrogens with zero attached hydrogens (tertiary/aromatic N) is 4. The van der Waals surface area contributed by atoms with Gasteiger partial charge in [-0.3, -0.25) is 4.79 Å². The van der Waals surface area contributed by atoms with Gasteiger partial charge in [-0.2, -0.15) is 0 Å². The normalized spacial score (nSPS) is 27.8. The van der Waals surface area contributed by atoms with Gasteiger partial charge in [-0.1, -0.05) is 0 Å². The summed E-state index contributed by atoms with van der Waals surface area (Å²) in [6.07, 6.45) is 8.02. The molecule has 124 valence electrons. The van der Waals surface area contributed by atoms with Gasteiger partial charge in [0.05, 0.1) is 12.6 Å². The second kappa shape index (κ2) is 5.65. The van der Waals surface area contributed by atoms with Gasteiger partial charge in [0.15, 0.2) is 0 Å². The molecule has 23 heavy (non-hydrogen) atoms. The number of rotatable bonds is 4. The minimum Gasteiger partial charge on any atom is -0.481 e. The summed E-state index contributed by atoms with van der Waals surface area (Å²) in [4.78, 5) is 25.4. The number of carbonyl (C=O) groups is 1. The van der Waals surface area contributed by atoms with Crippen LogP contribution in [0.1, 0.15) is 38.5 Å². The number of amides is 1. The van der Waals surface area contributed by atoms with Crippen LogP contribution in [0.25, 0.3) is 0 Å². The van der Waals surface area contributed by atoms with E-state index in [1.807, 2.05) is 6.07 Å². The Labute approximate surface area is 136 Å². The van der Waals surface area contributed by atoms with Crippen LogP contribution in [0.3, 0.4) is 0 Å². The summed E-state index contributed by atoms with van der Waals surface area (Å²) in [5.41, 5.74) is 0.0100. The third kappa shape index (κ3) is 2.75.